The van der Waals surface area contributed by atoms with E-state index in [-0.39, 0.29) is 38.6 Å². The first kappa shape index (κ1) is 20.7. The van der Waals surface area contributed by atoms with Gasteiger partial charge in [-0.05, 0) is 47.5 Å². The number of carbonyl (C=O) groups excluding carboxylic acids is 5. The highest BCUT2D eigenvalue weighted by Crippen LogP contribution is 2.46. The highest BCUT2D eigenvalue weighted by atomic mass is 32.1. The Kier molecular flexibility index (Phi) is 4.51. The molecule has 2 aromatic carbocycles. The third-order valence-electron chi connectivity index (χ3n) is 5.41. The van der Waals surface area contributed by atoms with Crippen LogP contribution in [0.4, 0.5) is 0 Å². The van der Waals surface area contributed by atoms with Gasteiger partial charge in [0.2, 0.25) is 5.78 Å². The molecule has 2 aliphatic carbocycles. The molecule has 162 valence electrons. The number of thiophene rings is 1. The van der Waals surface area contributed by atoms with E-state index in [1.165, 1.54) is 44.2 Å². The molecule has 0 spiro atoms. The van der Waals surface area contributed by atoms with Crippen LogP contribution in [0.2, 0.25) is 0 Å². The predicted octanol–water partition coefficient (Wildman–Crippen LogP) is 3.98. The lowest BCUT2D eigenvalue weighted by Gasteiger charge is -2.20. The van der Waals surface area contributed by atoms with Crippen molar-refractivity contribution in [3.8, 4) is 11.5 Å². The highest BCUT2D eigenvalue weighted by molar-refractivity contribution is 7.16. The van der Waals surface area contributed by atoms with Crippen LogP contribution < -0.4 is 9.47 Å². The summed E-state index contributed by atoms with van der Waals surface area (Å²) < 4.78 is 10.2. The number of ether oxygens (including phenoxy) is 2. The molecule has 1 aromatic heterocycles. The van der Waals surface area contributed by atoms with Gasteiger partial charge in [0, 0.05) is 35.4 Å². The van der Waals surface area contributed by atoms with E-state index >= 15 is 0 Å². The van der Waals surface area contributed by atoms with Gasteiger partial charge >= 0.3 is 11.9 Å². The summed E-state index contributed by atoms with van der Waals surface area (Å²) in [5.74, 6) is -1.93. The first-order valence-electron chi connectivity index (χ1n) is 9.82. The second-order valence-corrected chi connectivity index (χ2v) is 8.60. The fraction of sp³-hybridized carbons (Fsp3) is 0.0800. The summed E-state index contributed by atoms with van der Waals surface area (Å²) in [6, 6.07) is 8.76. The van der Waals surface area contributed by atoms with Crippen molar-refractivity contribution in [1.82, 2.24) is 0 Å². The molecule has 0 atom stereocenters. The number of ketones is 3. The van der Waals surface area contributed by atoms with Crippen LogP contribution >= 0.6 is 11.3 Å². The first-order valence-corrected chi connectivity index (χ1v) is 10.6. The van der Waals surface area contributed by atoms with Crippen LogP contribution in [0.1, 0.15) is 71.4 Å². The summed E-state index contributed by atoms with van der Waals surface area (Å²) >= 11 is 1.02. The minimum absolute atomic E-state index is 0.0635. The molecular formula is C25H14O7S. The van der Waals surface area contributed by atoms with E-state index in [4.69, 9.17) is 9.47 Å². The van der Waals surface area contributed by atoms with Crippen LogP contribution in [0.25, 0.3) is 5.57 Å². The van der Waals surface area contributed by atoms with Crippen LogP contribution in [0.3, 0.4) is 0 Å². The van der Waals surface area contributed by atoms with Gasteiger partial charge in [0.05, 0.1) is 16.0 Å². The normalized spacial score (nSPS) is 13.6. The maximum atomic E-state index is 13.4. The Balaban J connectivity index is 1.65. The number of hydrogen-bond acceptors (Lipinski definition) is 8. The van der Waals surface area contributed by atoms with Gasteiger partial charge < -0.3 is 9.47 Å². The van der Waals surface area contributed by atoms with E-state index in [1.54, 1.807) is 6.07 Å². The molecule has 0 saturated carbocycles. The number of rotatable bonds is 2. The molecule has 0 unspecified atom stereocenters. The monoisotopic (exact) mass is 458 g/mol. The van der Waals surface area contributed by atoms with Gasteiger partial charge in [-0.3, -0.25) is 24.0 Å². The Hall–Kier alpha value is -4.17. The molecular weight excluding hydrogens is 444 g/mol. The van der Waals surface area contributed by atoms with Gasteiger partial charge in [-0.2, -0.15) is 0 Å². The molecule has 3 aromatic rings. The van der Waals surface area contributed by atoms with Crippen molar-refractivity contribution < 1.29 is 33.4 Å². The molecule has 33 heavy (non-hydrogen) atoms. The molecule has 8 heteroatoms. The van der Waals surface area contributed by atoms with Crippen molar-refractivity contribution in [1.29, 1.82) is 0 Å². The highest BCUT2D eigenvalue weighted by Gasteiger charge is 2.41. The molecule has 5 rings (SSSR count). The average Bonchev–Trinajstić information content (AvgIpc) is 3.16. The first-order chi connectivity index (χ1) is 15.7. The van der Waals surface area contributed by atoms with Crippen LogP contribution in [-0.4, -0.2) is 29.3 Å². The fourth-order valence-electron chi connectivity index (χ4n) is 4.09. The van der Waals surface area contributed by atoms with Gasteiger partial charge in [0.15, 0.2) is 11.6 Å². The Morgan fingerprint density at radius 3 is 1.73 bits per heavy atom. The SMILES string of the molecule is C=C1c2cc(OC(C)=O)ccc2C(=O)c2c1sc1c2C(=O)c2ccc(OC(C)=O)cc2C1=O. The molecule has 0 bridgehead atoms. The zero-order valence-corrected chi connectivity index (χ0v) is 18.3. The average molecular weight is 458 g/mol. The van der Waals surface area contributed by atoms with E-state index in [1.807, 2.05) is 0 Å². The van der Waals surface area contributed by atoms with Crippen LogP contribution in [-0.2, 0) is 9.59 Å². The lowest BCUT2D eigenvalue weighted by atomic mass is 9.80. The summed E-state index contributed by atoms with van der Waals surface area (Å²) in [4.78, 5) is 63.2. The summed E-state index contributed by atoms with van der Waals surface area (Å²) in [5, 5.41) is 0. The number of carbonyl (C=O) groups is 5. The lowest BCUT2D eigenvalue weighted by molar-refractivity contribution is -0.132. The molecule has 7 nitrogen and oxygen atoms in total. The van der Waals surface area contributed by atoms with Gasteiger partial charge in [-0.1, -0.05) is 6.58 Å². The van der Waals surface area contributed by atoms with Crippen molar-refractivity contribution >= 4 is 46.2 Å². The Labute approximate surface area is 191 Å². The standard InChI is InChI=1S/C25H14O7S/c1-10-17-8-13(31-11(2)26)4-6-15(17)21(28)19-20-22(29)16-7-5-14(32-12(3)27)9-18(16)23(30)25(20)33-24(10)19/h4-9H,1H2,2-3H3. The van der Waals surface area contributed by atoms with Crippen molar-refractivity contribution in [2.24, 2.45) is 0 Å². The van der Waals surface area contributed by atoms with Crippen molar-refractivity contribution in [2.75, 3.05) is 0 Å². The van der Waals surface area contributed by atoms with E-state index in [9.17, 15) is 24.0 Å². The Bertz CT molecular complexity index is 1380. The van der Waals surface area contributed by atoms with Crippen molar-refractivity contribution in [2.45, 2.75) is 13.8 Å². The molecule has 1 heterocycles. The van der Waals surface area contributed by atoms with E-state index < -0.39 is 29.3 Å². The van der Waals surface area contributed by atoms with Crippen LogP contribution in [0, 0.1) is 0 Å². The van der Waals surface area contributed by atoms with Gasteiger partial charge in [0.25, 0.3) is 0 Å². The second kappa shape index (κ2) is 7.18. The van der Waals surface area contributed by atoms with Crippen LogP contribution in [0.5, 0.6) is 11.5 Å². The summed E-state index contributed by atoms with van der Waals surface area (Å²) in [6.07, 6.45) is 0. The Morgan fingerprint density at radius 2 is 1.18 bits per heavy atom. The van der Waals surface area contributed by atoms with Crippen molar-refractivity contribution in [3.63, 3.8) is 0 Å². The largest absolute Gasteiger partial charge is 0.427 e. The van der Waals surface area contributed by atoms with Gasteiger partial charge in [-0.25, -0.2) is 0 Å². The van der Waals surface area contributed by atoms with Crippen molar-refractivity contribution in [3.05, 3.63) is 86.1 Å². The summed E-state index contributed by atoms with van der Waals surface area (Å²) in [6.45, 7) is 6.58. The maximum absolute atomic E-state index is 13.4. The molecule has 2 aliphatic rings. The quantitative estimate of drug-likeness (QED) is 0.291. The lowest BCUT2D eigenvalue weighted by Crippen LogP contribution is -2.23. The van der Waals surface area contributed by atoms with E-state index in [2.05, 4.69) is 6.58 Å². The summed E-state index contributed by atoms with van der Waals surface area (Å²) in [7, 11) is 0. The third kappa shape index (κ3) is 3.07. The molecule has 0 amide bonds. The zero-order chi connectivity index (χ0) is 23.6. The Morgan fingerprint density at radius 1 is 0.697 bits per heavy atom. The van der Waals surface area contributed by atoms with Gasteiger partial charge in [-0.15, -0.1) is 11.3 Å². The smallest absolute Gasteiger partial charge is 0.308 e. The molecule has 0 fully saturated rings. The van der Waals surface area contributed by atoms with E-state index in [0.29, 0.717) is 21.6 Å². The topological polar surface area (TPSA) is 104 Å². The minimum Gasteiger partial charge on any atom is -0.427 e. The molecule has 0 N–H and O–H groups in total. The second-order valence-electron chi connectivity index (χ2n) is 7.58. The molecule has 0 saturated heterocycles. The van der Waals surface area contributed by atoms with Gasteiger partial charge in [0.1, 0.15) is 11.5 Å². The number of esters is 2. The third-order valence-corrected chi connectivity index (χ3v) is 6.66. The number of benzene rings is 2. The summed E-state index contributed by atoms with van der Waals surface area (Å²) in [5.41, 5.74) is 1.70. The fourth-order valence-corrected chi connectivity index (χ4v) is 5.32. The predicted molar refractivity (Wildman–Crippen MR) is 118 cm³/mol. The molecule has 0 aliphatic heterocycles. The number of hydrogen-bond donors (Lipinski definition) is 0. The maximum Gasteiger partial charge on any atom is 0.308 e. The zero-order valence-electron chi connectivity index (χ0n) is 17.4. The molecule has 0 radical (unpaired) electrons. The minimum atomic E-state index is -0.551. The van der Waals surface area contributed by atoms with Crippen LogP contribution in [0.15, 0.2) is 43.0 Å². The van der Waals surface area contributed by atoms with E-state index in [0.717, 1.165) is 11.3 Å². The number of fused-ring (bicyclic) bond motifs is 5.